The molecule has 15 heavy (non-hydrogen) atoms. The van der Waals surface area contributed by atoms with E-state index in [1.165, 1.54) is 13.0 Å². The number of cyclic esters (lactones) is 1. The average molecular weight is 212 g/mol. The molecule has 1 rings (SSSR count). The van der Waals surface area contributed by atoms with Crippen LogP contribution in [0.1, 0.15) is 26.7 Å². The summed E-state index contributed by atoms with van der Waals surface area (Å²) >= 11 is 0. The van der Waals surface area contributed by atoms with Crippen molar-refractivity contribution >= 4 is 5.97 Å². The second kappa shape index (κ2) is 5.09. The number of aliphatic hydroxyl groups is 2. The molecule has 0 aromatic carbocycles. The lowest BCUT2D eigenvalue weighted by atomic mass is 10.1. The van der Waals surface area contributed by atoms with E-state index in [0.717, 1.165) is 6.42 Å². The van der Waals surface area contributed by atoms with Crippen LogP contribution in [0.4, 0.5) is 0 Å². The summed E-state index contributed by atoms with van der Waals surface area (Å²) < 4.78 is 4.91. The summed E-state index contributed by atoms with van der Waals surface area (Å²) in [5.41, 5.74) is 0.613. The molecule has 0 amide bonds. The number of aliphatic hydroxyl groups excluding tert-OH is 2. The molecule has 0 aromatic rings. The number of rotatable bonds is 4. The van der Waals surface area contributed by atoms with Crippen LogP contribution >= 0.6 is 0 Å². The standard InChI is InChI=1S/C11H16O4/c1-3-4-8-5-9(15-11(8)14)6-10(13)7(2)12/h5-7,10,12-13H,3-4H2,1-2H3/b9-6-/t7-,10+/m1/s1. The first-order valence-corrected chi connectivity index (χ1v) is 5.05. The van der Waals surface area contributed by atoms with E-state index in [-0.39, 0.29) is 5.97 Å². The summed E-state index contributed by atoms with van der Waals surface area (Å²) in [5, 5.41) is 18.4. The van der Waals surface area contributed by atoms with Gasteiger partial charge in [-0.1, -0.05) is 13.3 Å². The van der Waals surface area contributed by atoms with Gasteiger partial charge >= 0.3 is 5.97 Å². The van der Waals surface area contributed by atoms with E-state index in [2.05, 4.69) is 0 Å². The van der Waals surface area contributed by atoms with Crippen LogP contribution in [0.15, 0.2) is 23.5 Å². The summed E-state index contributed by atoms with van der Waals surface area (Å²) in [6.07, 6.45) is 2.60. The van der Waals surface area contributed by atoms with Gasteiger partial charge in [-0.15, -0.1) is 0 Å². The minimum atomic E-state index is -1.01. The molecule has 0 radical (unpaired) electrons. The Hall–Kier alpha value is -1.13. The zero-order valence-corrected chi connectivity index (χ0v) is 8.93. The van der Waals surface area contributed by atoms with Crippen LogP contribution < -0.4 is 0 Å². The van der Waals surface area contributed by atoms with Gasteiger partial charge in [-0.05, 0) is 25.5 Å². The minimum absolute atomic E-state index is 0.317. The minimum Gasteiger partial charge on any atom is -0.423 e. The Morgan fingerprint density at radius 1 is 1.53 bits per heavy atom. The number of carbonyl (C=O) groups excluding carboxylic acids is 1. The van der Waals surface area contributed by atoms with Crippen LogP contribution in [0.25, 0.3) is 0 Å². The van der Waals surface area contributed by atoms with E-state index in [1.54, 1.807) is 6.08 Å². The first-order chi connectivity index (χ1) is 7.04. The lowest BCUT2D eigenvalue weighted by Gasteiger charge is -2.08. The molecule has 4 nitrogen and oxygen atoms in total. The van der Waals surface area contributed by atoms with E-state index >= 15 is 0 Å². The smallest absolute Gasteiger partial charge is 0.339 e. The number of ether oxygens (including phenoxy) is 1. The Bertz CT molecular complexity index is 302. The van der Waals surface area contributed by atoms with E-state index in [1.807, 2.05) is 6.92 Å². The SMILES string of the molecule is CCCC1=C/C(=C/[C@H](O)[C@@H](C)O)OC1=O. The maximum atomic E-state index is 11.3. The highest BCUT2D eigenvalue weighted by atomic mass is 16.5. The van der Waals surface area contributed by atoms with Crippen LogP contribution in [0.2, 0.25) is 0 Å². The van der Waals surface area contributed by atoms with Crippen LogP contribution in [-0.4, -0.2) is 28.4 Å². The van der Waals surface area contributed by atoms with Gasteiger partial charge < -0.3 is 14.9 Å². The molecule has 84 valence electrons. The highest BCUT2D eigenvalue weighted by molar-refractivity contribution is 5.92. The molecule has 0 unspecified atom stereocenters. The van der Waals surface area contributed by atoms with Gasteiger partial charge in [0.1, 0.15) is 11.9 Å². The predicted octanol–water partition coefficient (Wildman–Crippen LogP) is 0.895. The number of carbonyl (C=O) groups is 1. The summed E-state index contributed by atoms with van der Waals surface area (Å²) in [4.78, 5) is 11.3. The predicted molar refractivity (Wildman–Crippen MR) is 54.9 cm³/mol. The molecule has 0 fully saturated rings. The van der Waals surface area contributed by atoms with E-state index in [0.29, 0.717) is 17.8 Å². The van der Waals surface area contributed by atoms with Crippen molar-refractivity contribution < 1.29 is 19.7 Å². The molecule has 2 N–H and O–H groups in total. The third-order valence-corrected chi connectivity index (χ3v) is 2.14. The van der Waals surface area contributed by atoms with Crippen molar-refractivity contribution in [3.05, 3.63) is 23.5 Å². The number of hydrogen-bond donors (Lipinski definition) is 2. The molecular formula is C11H16O4. The maximum absolute atomic E-state index is 11.3. The van der Waals surface area contributed by atoms with Crippen LogP contribution in [-0.2, 0) is 9.53 Å². The molecular weight excluding hydrogens is 196 g/mol. The number of esters is 1. The summed E-state index contributed by atoms with van der Waals surface area (Å²) in [6.45, 7) is 3.44. The van der Waals surface area contributed by atoms with Gasteiger partial charge in [-0.2, -0.15) is 0 Å². The Morgan fingerprint density at radius 3 is 2.73 bits per heavy atom. The molecule has 0 saturated carbocycles. The second-order valence-electron chi connectivity index (χ2n) is 3.61. The van der Waals surface area contributed by atoms with Crippen molar-refractivity contribution in [2.75, 3.05) is 0 Å². The number of hydrogen-bond acceptors (Lipinski definition) is 4. The van der Waals surface area contributed by atoms with E-state index < -0.39 is 12.2 Å². The highest BCUT2D eigenvalue weighted by Crippen LogP contribution is 2.21. The molecule has 0 spiro atoms. The van der Waals surface area contributed by atoms with Crippen molar-refractivity contribution in [1.82, 2.24) is 0 Å². The Balaban J connectivity index is 2.71. The maximum Gasteiger partial charge on any atom is 0.339 e. The molecule has 0 aromatic heterocycles. The molecule has 2 atom stereocenters. The second-order valence-corrected chi connectivity index (χ2v) is 3.61. The van der Waals surface area contributed by atoms with Gasteiger partial charge in [0.2, 0.25) is 0 Å². The molecule has 4 heteroatoms. The van der Waals surface area contributed by atoms with E-state index in [9.17, 15) is 9.90 Å². The lowest BCUT2D eigenvalue weighted by Crippen LogP contribution is -2.20. The fourth-order valence-electron chi connectivity index (χ4n) is 1.27. The number of allylic oxidation sites excluding steroid dienone is 1. The first kappa shape index (κ1) is 11.9. The van der Waals surface area contributed by atoms with Gasteiger partial charge in [0.05, 0.1) is 6.10 Å². The lowest BCUT2D eigenvalue weighted by molar-refractivity contribution is -0.133. The fourth-order valence-corrected chi connectivity index (χ4v) is 1.27. The zero-order valence-electron chi connectivity index (χ0n) is 8.93. The molecule has 0 aliphatic carbocycles. The fraction of sp³-hybridized carbons (Fsp3) is 0.545. The first-order valence-electron chi connectivity index (χ1n) is 5.05. The molecule has 0 saturated heterocycles. The Kier molecular flexibility index (Phi) is 4.05. The molecule has 1 aliphatic heterocycles. The molecule has 1 aliphatic rings. The normalized spacial score (nSPS) is 22.5. The van der Waals surface area contributed by atoms with Crippen LogP contribution in [0, 0.1) is 0 Å². The van der Waals surface area contributed by atoms with Gasteiger partial charge in [0.15, 0.2) is 0 Å². The van der Waals surface area contributed by atoms with Crippen molar-refractivity contribution in [1.29, 1.82) is 0 Å². The zero-order chi connectivity index (χ0) is 11.4. The summed E-state index contributed by atoms with van der Waals surface area (Å²) in [7, 11) is 0. The Morgan fingerprint density at radius 2 is 2.20 bits per heavy atom. The largest absolute Gasteiger partial charge is 0.423 e. The summed E-state index contributed by atoms with van der Waals surface area (Å²) in [5.74, 6) is -0.0438. The van der Waals surface area contributed by atoms with Gasteiger partial charge in [-0.25, -0.2) is 4.79 Å². The van der Waals surface area contributed by atoms with Gasteiger partial charge in [0, 0.05) is 5.57 Å². The average Bonchev–Trinajstić information content (AvgIpc) is 2.47. The van der Waals surface area contributed by atoms with Crippen molar-refractivity contribution in [3.8, 4) is 0 Å². The van der Waals surface area contributed by atoms with E-state index in [4.69, 9.17) is 9.84 Å². The highest BCUT2D eigenvalue weighted by Gasteiger charge is 2.21. The Labute approximate surface area is 88.9 Å². The van der Waals surface area contributed by atoms with Crippen molar-refractivity contribution in [2.45, 2.75) is 38.9 Å². The molecule has 1 heterocycles. The van der Waals surface area contributed by atoms with Crippen molar-refractivity contribution in [3.63, 3.8) is 0 Å². The third-order valence-electron chi connectivity index (χ3n) is 2.14. The van der Waals surface area contributed by atoms with Crippen LogP contribution in [0.5, 0.6) is 0 Å². The quantitative estimate of drug-likeness (QED) is 0.679. The topological polar surface area (TPSA) is 66.8 Å². The van der Waals surface area contributed by atoms with Gasteiger partial charge in [0.25, 0.3) is 0 Å². The third kappa shape index (κ3) is 3.18. The van der Waals surface area contributed by atoms with Gasteiger partial charge in [-0.3, -0.25) is 0 Å². The monoisotopic (exact) mass is 212 g/mol. The summed E-state index contributed by atoms with van der Waals surface area (Å²) in [6, 6.07) is 0. The van der Waals surface area contributed by atoms with Crippen molar-refractivity contribution in [2.24, 2.45) is 0 Å². The van der Waals surface area contributed by atoms with Crippen LogP contribution in [0.3, 0.4) is 0 Å². The molecule has 0 bridgehead atoms.